The number of aromatic nitrogens is 1. The van der Waals surface area contributed by atoms with Gasteiger partial charge in [-0.3, -0.25) is 4.98 Å². The van der Waals surface area contributed by atoms with Crippen LogP contribution in [0.4, 0.5) is 0 Å². The molecule has 0 aliphatic rings. The number of aliphatic hydroxyl groups excluding tert-OH is 1. The van der Waals surface area contributed by atoms with E-state index < -0.39 is 6.04 Å². The van der Waals surface area contributed by atoms with E-state index in [1.165, 1.54) is 6.20 Å². The number of aromatic hydroxyl groups is 1. The van der Waals surface area contributed by atoms with Gasteiger partial charge in [0.15, 0.2) is 0 Å². The number of hydrogen-bond donors (Lipinski definition) is 3. The molecule has 4 N–H and O–H groups in total. The van der Waals surface area contributed by atoms with Crippen LogP contribution in [0.15, 0.2) is 6.20 Å². The Balaban J connectivity index is 3.24. The molecule has 0 bridgehead atoms. The van der Waals surface area contributed by atoms with Gasteiger partial charge in [-0.05, 0) is 6.92 Å². The van der Waals surface area contributed by atoms with Gasteiger partial charge in [0.1, 0.15) is 5.75 Å². The van der Waals surface area contributed by atoms with E-state index in [9.17, 15) is 5.11 Å². The monoisotopic (exact) mass is 207 g/mol. The molecule has 0 radical (unpaired) electrons. The van der Waals surface area contributed by atoms with Crippen molar-refractivity contribution >= 4 is 0 Å². The number of rotatable bonds is 3. The van der Waals surface area contributed by atoms with Gasteiger partial charge in [-0.1, -0.05) is 0 Å². The first-order valence-corrected chi connectivity index (χ1v) is 4.52. The number of nitrogens with zero attached hydrogens (tertiary/aromatic N) is 2. The zero-order chi connectivity index (χ0) is 11.4. The molecule has 1 aromatic rings. The molecule has 0 amide bonds. The lowest BCUT2D eigenvalue weighted by Crippen LogP contribution is -2.13. The van der Waals surface area contributed by atoms with Crippen LogP contribution < -0.4 is 5.73 Å². The van der Waals surface area contributed by atoms with Gasteiger partial charge in [0.2, 0.25) is 0 Å². The molecule has 0 saturated heterocycles. The molecule has 1 aromatic heterocycles. The highest BCUT2D eigenvalue weighted by atomic mass is 16.3. The molecule has 0 saturated carbocycles. The Morgan fingerprint density at radius 1 is 1.67 bits per heavy atom. The zero-order valence-corrected chi connectivity index (χ0v) is 8.44. The summed E-state index contributed by atoms with van der Waals surface area (Å²) in [6, 6.07) is 1.33. The summed E-state index contributed by atoms with van der Waals surface area (Å²) >= 11 is 0. The standard InChI is InChI=1S/C10H13N3O2/c1-6-10(15)9(8(12)2-3-11)7(5-14)4-13-6/h4,8,14-15H,2,5,12H2,1H3/t8-/m0/s1. The fourth-order valence-electron chi connectivity index (χ4n) is 1.39. The Morgan fingerprint density at radius 3 is 2.87 bits per heavy atom. The van der Waals surface area contributed by atoms with Crippen LogP contribution in [-0.4, -0.2) is 15.2 Å². The SMILES string of the molecule is Cc1ncc(CO)c([C@@H](N)CC#N)c1O. The Kier molecular flexibility index (Phi) is 3.61. The van der Waals surface area contributed by atoms with Crippen molar-refractivity contribution < 1.29 is 10.2 Å². The quantitative estimate of drug-likeness (QED) is 0.669. The molecule has 0 fully saturated rings. The number of nitriles is 1. The van der Waals surface area contributed by atoms with E-state index in [1.807, 2.05) is 6.07 Å². The van der Waals surface area contributed by atoms with Gasteiger partial charge in [0.25, 0.3) is 0 Å². The van der Waals surface area contributed by atoms with E-state index in [-0.39, 0.29) is 18.8 Å². The van der Waals surface area contributed by atoms with Crippen molar-refractivity contribution in [2.24, 2.45) is 5.73 Å². The molecule has 0 aromatic carbocycles. The summed E-state index contributed by atoms with van der Waals surface area (Å²) in [4.78, 5) is 3.90. The number of aliphatic hydroxyl groups is 1. The van der Waals surface area contributed by atoms with Crippen molar-refractivity contribution in [2.75, 3.05) is 0 Å². The summed E-state index contributed by atoms with van der Waals surface area (Å²) in [5.41, 5.74) is 7.04. The largest absolute Gasteiger partial charge is 0.506 e. The Morgan fingerprint density at radius 2 is 2.33 bits per heavy atom. The highest BCUT2D eigenvalue weighted by Crippen LogP contribution is 2.29. The topological polar surface area (TPSA) is 103 Å². The maximum absolute atomic E-state index is 9.74. The smallest absolute Gasteiger partial charge is 0.141 e. The van der Waals surface area contributed by atoms with Crippen LogP contribution in [-0.2, 0) is 6.61 Å². The van der Waals surface area contributed by atoms with E-state index in [0.29, 0.717) is 16.8 Å². The first-order valence-electron chi connectivity index (χ1n) is 4.52. The van der Waals surface area contributed by atoms with Gasteiger partial charge in [0, 0.05) is 23.4 Å². The molecule has 5 heteroatoms. The predicted molar refractivity (Wildman–Crippen MR) is 53.7 cm³/mol. The van der Waals surface area contributed by atoms with E-state index in [0.717, 1.165) is 0 Å². The van der Waals surface area contributed by atoms with Crippen molar-refractivity contribution in [2.45, 2.75) is 26.0 Å². The molecule has 0 spiro atoms. The molecule has 1 atom stereocenters. The Bertz CT molecular complexity index is 398. The summed E-state index contributed by atoms with van der Waals surface area (Å²) in [5, 5.41) is 27.3. The minimum absolute atomic E-state index is 0.0377. The average Bonchev–Trinajstić information content (AvgIpc) is 2.22. The van der Waals surface area contributed by atoms with Crippen molar-refractivity contribution in [3.63, 3.8) is 0 Å². The fraction of sp³-hybridized carbons (Fsp3) is 0.400. The van der Waals surface area contributed by atoms with E-state index >= 15 is 0 Å². The molecule has 0 unspecified atom stereocenters. The highest BCUT2D eigenvalue weighted by molar-refractivity contribution is 5.43. The Hall–Kier alpha value is -1.64. The average molecular weight is 207 g/mol. The Labute approximate surface area is 87.8 Å². The van der Waals surface area contributed by atoms with Crippen molar-refractivity contribution in [1.82, 2.24) is 4.98 Å². The number of pyridine rings is 1. The number of hydrogen-bond acceptors (Lipinski definition) is 5. The van der Waals surface area contributed by atoms with Gasteiger partial charge in [-0.15, -0.1) is 0 Å². The van der Waals surface area contributed by atoms with Gasteiger partial charge in [0.05, 0.1) is 24.8 Å². The second-order valence-corrected chi connectivity index (χ2v) is 3.26. The van der Waals surface area contributed by atoms with Crippen LogP contribution in [0.1, 0.15) is 29.3 Å². The van der Waals surface area contributed by atoms with Crippen molar-refractivity contribution in [1.29, 1.82) is 5.26 Å². The van der Waals surface area contributed by atoms with Crippen LogP contribution >= 0.6 is 0 Å². The molecular weight excluding hydrogens is 194 g/mol. The molecule has 1 heterocycles. The molecule has 0 aliphatic heterocycles. The zero-order valence-electron chi connectivity index (χ0n) is 8.44. The lowest BCUT2D eigenvalue weighted by molar-refractivity contribution is 0.278. The lowest BCUT2D eigenvalue weighted by Gasteiger charge is -2.15. The summed E-state index contributed by atoms with van der Waals surface area (Å²) in [6.45, 7) is 1.38. The van der Waals surface area contributed by atoms with Gasteiger partial charge < -0.3 is 15.9 Å². The van der Waals surface area contributed by atoms with Crippen LogP contribution in [0, 0.1) is 18.3 Å². The van der Waals surface area contributed by atoms with Crippen LogP contribution in [0.2, 0.25) is 0 Å². The number of aryl methyl sites for hydroxylation is 1. The minimum Gasteiger partial charge on any atom is -0.506 e. The summed E-state index contributed by atoms with van der Waals surface area (Å²) in [6.07, 6.45) is 1.55. The normalized spacial score (nSPS) is 12.1. The summed E-state index contributed by atoms with van der Waals surface area (Å²) in [7, 11) is 0. The highest BCUT2D eigenvalue weighted by Gasteiger charge is 2.17. The van der Waals surface area contributed by atoms with Crippen molar-refractivity contribution in [3.05, 3.63) is 23.0 Å². The molecular formula is C10H13N3O2. The minimum atomic E-state index is -0.598. The summed E-state index contributed by atoms with van der Waals surface area (Å²) in [5.74, 6) is -0.0377. The third kappa shape index (κ3) is 2.24. The predicted octanol–water partition coefficient (Wildman–Crippen LogP) is 0.501. The van der Waals surface area contributed by atoms with E-state index in [1.54, 1.807) is 6.92 Å². The third-order valence-electron chi connectivity index (χ3n) is 2.21. The third-order valence-corrected chi connectivity index (χ3v) is 2.21. The first kappa shape index (κ1) is 11.4. The first-order chi connectivity index (χ1) is 7.11. The van der Waals surface area contributed by atoms with E-state index in [4.69, 9.17) is 16.1 Å². The maximum Gasteiger partial charge on any atom is 0.141 e. The van der Waals surface area contributed by atoms with Crippen molar-refractivity contribution in [3.8, 4) is 11.8 Å². The molecule has 1 rings (SSSR count). The van der Waals surface area contributed by atoms with Crippen LogP contribution in [0.25, 0.3) is 0 Å². The molecule has 15 heavy (non-hydrogen) atoms. The van der Waals surface area contributed by atoms with Gasteiger partial charge >= 0.3 is 0 Å². The van der Waals surface area contributed by atoms with Gasteiger partial charge in [-0.2, -0.15) is 5.26 Å². The second kappa shape index (κ2) is 4.73. The van der Waals surface area contributed by atoms with Gasteiger partial charge in [-0.25, -0.2) is 0 Å². The summed E-state index contributed by atoms with van der Waals surface area (Å²) < 4.78 is 0. The lowest BCUT2D eigenvalue weighted by atomic mass is 9.99. The molecule has 5 nitrogen and oxygen atoms in total. The van der Waals surface area contributed by atoms with Crippen LogP contribution in [0.3, 0.4) is 0 Å². The molecule has 80 valence electrons. The number of nitrogens with two attached hydrogens (primary N) is 1. The maximum atomic E-state index is 9.74. The molecule has 0 aliphatic carbocycles. The van der Waals surface area contributed by atoms with E-state index in [2.05, 4.69) is 4.98 Å². The van der Waals surface area contributed by atoms with Crippen LogP contribution in [0.5, 0.6) is 5.75 Å². The fourth-order valence-corrected chi connectivity index (χ4v) is 1.39. The second-order valence-electron chi connectivity index (χ2n) is 3.26.